The van der Waals surface area contributed by atoms with Crippen molar-refractivity contribution in [1.82, 2.24) is 25.3 Å². The molecule has 8 heteroatoms. The first-order valence-electron chi connectivity index (χ1n) is 8.40. The summed E-state index contributed by atoms with van der Waals surface area (Å²) in [6.45, 7) is 0.587. The molecule has 0 N–H and O–H groups in total. The first-order valence-corrected chi connectivity index (χ1v) is 8.40. The van der Waals surface area contributed by atoms with Gasteiger partial charge < -0.3 is 9.32 Å². The standard InChI is InChI=1S/C18H16FN5O2/c19-14-6-2-1-5-13(14)16-22-23-17(26-16)15-7-3-4-10-24(15)18(25)12-8-9-20-21-11-12/h1-2,5-6,8-9,11,15H,3-4,7,10H2/t15-/m0/s1. The summed E-state index contributed by atoms with van der Waals surface area (Å²) in [5, 5.41) is 15.5. The molecule has 0 radical (unpaired) electrons. The van der Waals surface area contributed by atoms with Crippen LogP contribution < -0.4 is 0 Å². The van der Waals surface area contributed by atoms with Crippen molar-refractivity contribution in [3.05, 3.63) is 60.0 Å². The summed E-state index contributed by atoms with van der Waals surface area (Å²) in [5.41, 5.74) is 0.707. The van der Waals surface area contributed by atoms with Crippen LogP contribution in [0.2, 0.25) is 0 Å². The molecule has 1 fully saturated rings. The molecule has 1 atom stereocenters. The zero-order valence-corrected chi connectivity index (χ0v) is 13.9. The molecule has 0 bridgehead atoms. The molecule has 0 spiro atoms. The number of halogens is 1. The lowest BCUT2D eigenvalue weighted by atomic mass is 10.0. The normalized spacial score (nSPS) is 17.3. The molecule has 1 saturated heterocycles. The fourth-order valence-electron chi connectivity index (χ4n) is 3.13. The van der Waals surface area contributed by atoms with Crippen molar-refractivity contribution < 1.29 is 13.6 Å². The number of likely N-dealkylation sites (tertiary alicyclic amines) is 1. The average molecular weight is 353 g/mol. The fourth-order valence-corrected chi connectivity index (χ4v) is 3.13. The lowest BCUT2D eigenvalue weighted by molar-refractivity contribution is 0.0571. The maximum Gasteiger partial charge on any atom is 0.256 e. The monoisotopic (exact) mass is 353 g/mol. The number of rotatable bonds is 3. The van der Waals surface area contributed by atoms with Crippen molar-refractivity contribution in [3.63, 3.8) is 0 Å². The van der Waals surface area contributed by atoms with Crippen LogP contribution in [0.15, 0.2) is 47.1 Å². The molecule has 1 aromatic carbocycles. The topological polar surface area (TPSA) is 85.0 Å². The summed E-state index contributed by atoms with van der Waals surface area (Å²) in [7, 11) is 0. The number of nitrogens with zero attached hydrogens (tertiary/aromatic N) is 5. The van der Waals surface area contributed by atoms with Gasteiger partial charge in [0.25, 0.3) is 11.8 Å². The minimum atomic E-state index is -0.429. The summed E-state index contributed by atoms with van der Waals surface area (Å²) in [4.78, 5) is 14.5. The van der Waals surface area contributed by atoms with Crippen molar-refractivity contribution in [2.75, 3.05) is 6.54 Å². The molecule has 3 heterocycles. The highest BCUT2D eigenvalue weighted by Gasteiger charge is 2.33. The van der Waals surface area contributed by atoms with Gasteiger partial charge in [-0.2, -0.15) is 10.2 Å². The summed E-state index contributed by atoms with van der Waals surface area (Å²) < 4.78 is 19.7. The van der Waals surface area contributed by atoms with Crippen LogP contribution in [0, 0.1) is 5.82 Å². The minimum absolute atomic E-state index is 0.113. The van der Waals surface area contributed by atoms with E-state index in [1.54, 1.807) is 29.2 Å². The molecular formula is C18H16FN5O2. The Hall–Kier alpha value is -3.16. The van der Waals surface area contributed by atoms with E-state index in [1.165, 1.54) is 18.5 Å². The number of aromatic nitrogens is 4. The van der Waals surface area contributed by atoms with Gasteiger partial charge in [0, 0.05) is 6.54 Å². The maximum absolute atomic E-state index is 13.9. The number of hydrogen-bond donors (Lipinski definition) is 0. The van der Waals surface area contributed by atoms with Crippen LogP contribution >= 0.6 is 0 Å². The second kappa shape index (κ2) is 6.99. The van der Waals surface area contributed by atoms with E-state index in [9.17, 15) is 9.18 Å². The SMILES string of the molecule is O=C(c1ccnnc1)N1CCCC[C@H]1c1nnc(-c2ccccc2F)o1. The quantitative estimate of drug-likeness (QED) is 0.719. The molecule has 3 aromatic rings. The van der Waals surface area contributed by atoms with Gasteiger partial charge in [0.1, 0.15) is 11.9 Å². The Morgan fingerprint density at radius 1 is 1.15 bits per heavy atom. The Morgan fingerprint density at radius 2 is 2.04 bits per heavy atom. The van der Waals surface area contributed by atoms with E-state index >= 15 is 0 Å². The van der Waals surface area contributed by atoms with Crippen molar-refractivity contribution in [1.29, 1.82) is 0 Å². The number of hydrogen-bond acceptors (Lipinski definition) is 6. The first-order chi connectivity index (χ1) is 12.7. The van der Waals surface area contributed by atoms with E-state index in [4.69, 9.17) is 4.42 Å². The van der Waals surface area contributed by atoms with Gasteiger partial charge >= 0.3 is 0 Å². The summed E-state index contributed by atoms with van der Waals surface area (Å²) in [5.74, 6) is -0.155. The maximum atomic E-state index is 13.9. The van der Waals surface area contributed by atoms with Crippen LogP contribution in [0.5, 0.6) is 0 Å². The fraction of sp³-hybridized carbons (Fsp3) is 0.278. The molecular weight excluding hydrogens is 337 g/mol. The van der Waals surface area contributed by atoms with E-state index in [0.717, 1.165) is 12.8 Å². The Balaban J connectivity index is 1.63. The van der Waals surface area contributed by atoms with Crippen LogP contribution in [-0.4, -0.2) is 37.7 Å². The molecule has 0 unspecified atom stereocenters. The zero-order valence-electron chi connectivity index (χ0n) is 13.9. The van der Waals surface area contributed by atoms with Crippen molar-refractivity contribution >= 4 is 5.91 Å². The number of benzene rings is 1. The number of amides is 1. The highest BCUT2D eigenvalue weighted by Crippen LogP contribution is 2.33. The highest BCUT2D eigenvalue weighted by atomic mass is 19.1. The van der Waals surface area contributed by atoms with E-state index in [0.29, 0.717) is 24.4 Å². The molecule has 0 aliphatic carbocycles. The predicted octanol–water partition coefficient (Wildman–Crippen LogP) is 3.03. The van der Waals surface area contributed by atoms with Gasteiger partial charge in [-0.15, -0.1) is 10.2 Å². The Labute approximate surface area is 148 Å². The number of carbonyl (C=O) groups excluding carboxylic acids is 1. The molecule has 132 valence electrons. The van der Waals surface area contributed by atoms with E-state index in [1.807, 2.05) is 0 Å². The van der Waals surface area contributed by atoms with E-state index < -0.39 is 5.82 Å². The molecule has 26 heavy (non-hydrogen) atoms. The molecule has 2 aromatic heterocycles. The molecule has 1 aliphatic heterocycles. The molecule has 1 aliphatic rings. The second-order valence-corrected chi connectivity index (χ2v) is 6.07. The molecule has 1 amide bonds. The lowest BCUT2D eigenvalue weighted by Crippen LogP contribution is -2.38. The molecule has 0 saturated carbocycles. The molecule has 4 rings (SSSR count). The van der Waals surface area contributed by atoms with Gasteiger partial charge in [0.2, 0.25) is 5.89 Å². The Morgan fingerprint density at radius 3 is 2.85 bits per heavy atom. The molecule has 7 nitrogen and oxygen atoms in total. The van der Waals surface area contributed by atoms with Gasteiger partial charge in [-0.05, 0) is 37.5 Å². The third-order valence-electron chi connectivity index (χ3n) is 4.42. The van der Waals surface area contributed by atoms with E-state index in [-0.39, 0.29) is 23.4 Å². The zero-order chi connectivity index (χ0) is 17.9. The second-order valence-electron chi connectivity index (χ2n) is 6.07. The van der Waals surface area contributed by atoms with Gasteiger partial charge in [0.15, 0.2) is 0 Å². The smallest absolute Gasteiger partial charge is 0.256 e. The largest absolute Gasteiger partial charge is 0.418 e. The van der Waals surface area contributed by atoms with Gasteiger partial charge in [-0.1, -0.05) is 12.1 Å². The van der Waals surface area contributed by atoms with Crippen LogP contribution in [0.25, 0.3) is 11.5 Å². The third-order valence-corrected chi connectivity index (χ3v) is 4.42. The van der Waals surface area contributed by atoms with Crippen molar-refractivity contribution in [2.24, 2.45) is 0 Å². The Kier molecular flexibility index (Phi) is 4.39. The highest BCUT2D eigenvalue weighted by molar-refractivity contribution is 5.94. The summed E-state index contributed by atoms with van der Waals surface area (Å²) in [6, 6.07) is 7.51. The van der Waals surface area contributed by atoms with Gasteiger partial charge in [-0.3, -0.25) is 4.79 Å². The predicted molar refractivity (Wildman–Crippen MR) is 89.4 cm³/mol. The van der Waals surface area contributed by atoms with Crippen LogP contribution in [0.1, 0.15) is 41.6 Å². The third kappa shape index (κ3) is 3.05. The van der Waals surface area contributed by atoms with Crippen LogP contribution in [0.4, 0.5) is 4.39 Å². The van der Waals surface area contributed by atoms with Crippen molar-refractivity contribution in [3.8, 4) is 11.5 Å². The summed E-state index contributed by atoms with van der Waals surface area (Å²) >= 11 is 0. The van der Waals surface area contributed by atoms with Crippen LogP contribution in [-0.2, 0) is 0 Å². The lowest BCUT2D eigenvalue weighted by Gasteiger charge is -2.33. The van der Waals surface area contributed by atoms with Gasteiger partial charge in [0.05, 0.1) is 23.5 Å². The van der Waals surface area contributed by atoms with Crippen LogP contribution in [0.3, 0.4) is 0 Å². The van der Waals surface area contributed by atoms with Crippen molar-refractivity contribution in [2.45, 2.75) is 25.3 Å². The Bertz CT molecular complexity index is 915. The number of carbonyl (C=O) groups is 1. The average Bonchev–Trinajstić information content (AvgIpc) is 3.18. The minimum Gasteiger partial charge on any atom is -0.418 e. The van der Waals surface area contributed by atoms with Gasteiger partial charge in [-0.25, -0.2) is 4.39 Å². The van der Waals surface area contributed by atoms with E-state index in [2.05, 4.69) is 20.4 Å². The summed E-state index contributed by atoms with van der Waals surface area (Å²) in [6.07, 6.45) is 5.47. The first kappa shape index (κ1) is 16.3. The number of piperidine rings is 1.